The first-order chi connectivity index (χ1) is 16.7. The molecular weight excluding hydrogens is 444 g/mol. The third kappa shape index (κ3) is 5.06. The van der Waals surface area contributed by atoms with Crippen LogP contribution in [-0.4, -0.2) is 40.6 Å². The first-order valence-electron chi connectivity index (χ1n) is 12.2. The van der Waals surface area contributed by atoms with Crippen molar-refractivity contribution in [1.82, 2.24) is 19.8 Å². The molecule has 0 radical (unpaired) electrons. The van der Waals surface area contributed by atoms with Gasteiger partial charge in [0.15, 0.2) is 6.19 Å². The monoisotopic (exact) mass is 474 g/mol. The van der Waals surface area contributed by atoms with Crippen molar-refractivity contribution in [2.75, 3.05) is 31.1 Å². The van der Waals surface area contributed by atoms with E-state index in [1.165, 1.54) is 16.8 Å². The predicted molar refractivity (Wildman–Crippen MR) is 136 cm³/mol. The topological polar surface area (TPSA) is 60.1 Å². The van der Waals surface area contributed by atoms with Gasteiger partial charge in [-0.25, -0.2) is 4.98 Å². The normalized spacial score (nSPS) is 18.9. The molecule has 0 amide bonds. The number of imidazole rings is 1. The highest BCUT2D eigenvalue weighted by Crippen LogP contribution is 2.31. The molecule has 0 bridgehead atoms. The lowest BCUT2D eigenvalue weighted by Gasteiger charge is -2.29. The lowest BCUT2D eigenvalue weighted by atomic mass is 9.97. The van der Waals surface area contributed by atoms with E-state index in [9.17, 15) is 0 Å². The molecular formula is C27H31ClN6. The van der Waals surface area contributed by atoms with Crippen LogP contribution >= 0.6 is 11.6 Å². The summed E-state index contributed by atoms with van der Waals surface area (Å²) in [5, 5.41) is 13.7. The van der Waals surface area contributed by atoms with Gasteiger partial charge in [-0.05, 0) is 48.4 Å². The van der Waals surface area contributed by atoms with Crippen LogP contribution in [0.5, 0.6) is 0 Å². The highest BCUT2D eigenvalue weighted by Gasteiger charge is 2.25. The molecule has 1 unspecified atom stereocenters. The summed E-state index contributed by atoms with van der Waals surface area (Å²) < 4.78 is 2.29. The van der Waals surface area contributed by atoms with Crippen LogP contribution in [0.2, 0.25) is 5.02 Å². The zero-order valence-corrected chi connectivity index (χ0v) is 20.2. The molecule has 7 heteroatoms. The molecule has 1 saturated heterocycles. The number of likely N-dealkylation sites (tertiary alicyclic amines) is 1. The smallest absolute Gasteiger partial charge is 0.179 e. The molecule has 6 nitrogen and oxygen atoms in total. The van der Waals surface area contributed by atoms with E-state index in [1.54, 1.807) is 0 Å². The number of fused-ring (bicyclic) bond motifs is 1. The average molecular weight is 475 g/mol. The molecule has 3 heterocycles. The zero-order valence-electron chi connectivity index (χ0n) is 19.4. The fraction of sp³-hybridized carbons (Fsp3) is 0.407. The third-order valence-corrected chi connectivity index (χ3v) is 7.54. The van der Waals surface area contributed by atoms with E-state index < -0.39 is 0 Å². The van der Waals surface area contributed by atoms with Gasteiger partial charge < -0.3 is 19.7 Å². The Morgan fingerprint density at radius 3 is 2.68 bits per heavy atom. The molecule has 2 aliphatic rings. The third-order valence-electron chi connectivity index (χ3n) is 7.22. The van der Waals surface area contributed by atoms with E-state index in [0.29, 0.717) is 5.92 Å². The van der Waals surface area contributed by atoms with Crippen molar-refractivity contribution >= 4 is 17.3 Å². The maximum absolute atomic E-state index is 9.11. The number of aromatic nitrogens is 2. The Balaban J connectivity index is 1.30. The predicted octanol–water partition coefficient (Wildman–Crippen LogP) is 4.62. The van der Waals surface area contributed by atoms with Crippen molar-refractivity contribution in [2.45, 2.75) is 38.4 Å². The molecule has 34 heavy (non-hydrogen) atoms. The van der Waals surface area contributed by atoms with Crippen molar-refractivity contribution in [2.24, 2.45) is 5.92 Å². The summed E-state index contributed by atoms with van der Waals surface area (Å²) >= 11 is 6.57. The number of hydrogen-bond acceptors (Lipinski definition) is 5. The molecule has 0 saturated carbocycles. The molecule has 0 aliphatic carbocycles. The number of nitriles is 1. The van der Waals surface area contributed by atoms with Crippen LogP contribution in [0.4, 0.5) is 5.69 Å². The number of halogens is 1. The van der Waals surface area contributed by atoms with Gasteiger partial charge in [-0.15, -0.1) is 0 Å². The van der Waals surface area contributed by atoms with Crippen LogP contribution in [0.1, 0.15) is 35.7 Å². The van der Waals surface area contributed by atoms with Gasteiger partial charge in [-0.2, -0.15) is 5.26 Å². The van der Waals surface area contributed by atoms with Crippen LogP contribution < -0.4 is 10.2 Å². The minimum Gasteiger partial charge on any atom is -0.368 e. The number of anilines is 1. The molecule has 1 aromatic heterocycles. The first kappa shape index (κ1) is 22.8. The number of benzene rings is 2. The summed E-state index contributed by atoms with van der Waals surface area (Å²) in [6, 6.07) is 17.1. The van der Waals surface area contributed by atoms with E-state index in [2.05, 4.69) is 62.4 Å². The van der Waals surface area contributed by atoms with Crippen LogP contribution in [0, 0.1) is 17.4 Å². The van der Waals surface area contributed by atoms with Crippen LogP contribution in [0.3, 0.4) is 0 Å². The molecule has 1 N–H and O–H groups in total. The summed E-state index contributed by atoms with van der Waals surface area (Å²) in [7, 11) is 0. The first-order valence-corrected chi connectivity index (χ1v) is 12.5. The Kier molecular flexibility index (Phi) is 7.03. The summed E-state index contributed by atoms with van der Waals surface area (Å²) in [6.45, 7) is 5.25. The molecule has 1 atom stereocenters. The zero-order chi connectivity index (χ0) is 23.3. The van der Waals surface area contributed by atoms with Gasteiger partial charge in [0.2, 0.25) is 0 Å². The number of nitrogens with one attached hydrogen (secondary N) is 1. The lowest BCUT2D eigenvalue weighted by Crippen LogP contribution is -2.35. The van der Waals surface area contributed by atoms with Gasteiger partial charge in [0.1, 0.15) is 0 Å². The summed E-state index contributed by atoms with van der Waals surface area (Å²) in [4.78, 5) is 8.72. The highest BCUT2D eigenvalue weighted by atomic mass is 35.5. The number of para-hydroxylation sites is 1. The SMILES string of the molecule is N#CN1CCC(Cn2cncc2CNC2CN(c3ccccc3Cl)CCc3ccccc32)CC1. The Bertz CT molecular complexity index is 1140. The van der Waals surface area contributed by atoms with Crippen LogP contribution in [-0.2, 0) is 19.5 Å². The Labute approximate surface area is 206 Å². The Morgan fingerprint density at radius 2 is 1.85 bits per heavy atom. The standard InChI is InChI=1S/C27H31ClN6/c28-25-7-3-4-8-27(25)33-14-11-22-5-1-2-6-24(22)26(18-33)31-16-23-15-30-20-34(23)17-21-9-12-32(19-29)13-10-21/h1-8,15,20-21,26,31H,9-14,16-18H2. The van der Waals surface area contributed by atoms with E-state index in [0.717, 1.165) is 69.2 Å². The second-order valence-corrected chi connectivity index (χ2v) is 9.75. The van der Waals surface area contributed by atoms with Gasteiger partial charge >= 0.3 is 0 Å². The van der Waals surface area contributed by atoms with Crippen molar-refractivity contribution in [3.05, 3.63) is 82.9 Å². The molecule has 5 rings (SSSR count). The van der Waals surface area contributed by atoms with Gasteiger partial charge in [0.05, 0.1) is 28.8 Å². The average Bonchev–Trinajstić information content (AvgIpc) is 3.23. The molecule has 2 aromatic carbocycles. The Hall–Kier alpha value is -3.01. The number of nitrogens with zero attached hydrogens (tertiary/aromatic N) is 5. The second-order valence-electron chi connectivity index (χ2n) is 9.35. The minimum absolute atomic E-state index is 0.192. The summed E-state index contributed by atoms with van der Waals surface area (Å²) in [5.41, 5.74) is 5.06. The molecule has 1 fully saturated rings. The minimum atomic E-state index is 0.192. The summed E-state index contributed by atoms with van der Waals surface area (Å²) in [6.07, 6.45) is 9.32. The van der Waals surface area contributed by atoms with E-state index >= 15 is 0 Å². The molecule has 176 valence electrons. The van der Waals surface area contributed by atoms with Crippen LogP contribution in [0.25, 0.3) is 0 Å². The molecule has 0 spiro atoms. The lowest BCUT2D eigenvalue weighted by molar-refractivity contribution is 0.232. The van der Waals surface area contributed by atoms with E-state index in [-0.39, 0.29) is 6.04 Å². The van der Waals surface area contributed by atoms with Gasteiger partial charge in [0, 0.05) is 45.5 Å². The largest absolute Gasteiger partial charge is 0.368 e. The Morgan fingerprint density at radius 1 is 1.06 bits per heavy atom. The molecule has 2 aliphatic heterocycles. The number of rotatable bonds is 6. The van der Waals surface area contributed by atoms with Gasteiger partial charge in [-0.1, -0.05) is 48.0 Å². The van der Waals surface area contributed by atoms with Gasteiger partial charge in [-0.3, -0.25) is 0 Å². The van der Waals surface area contributed by atoms with Crippen molar-refractivity contribution in [3.63, 3.8) is 0 Å². The van der Waals surface area contributed by atoms with Crippen LogP contribution in [0.15, 0.2) is 61.1 Å². The fourth-order valence-corrected chi connectivity index (χ4v) is 5.51. The van der Waals surface area contributed by atoms with Gasteiger partial charge in [0.25, 0.3) is 0 Å². The number of piperidine rings is 1. The maximum Gasteiger partial charge on any atom is 0.179 e. The quantitative estimate of drug-likeness (QED) is 0.528. The second kappa shape index (κ2) is 10.5. The number of hydrogen-bond donors (Lipinski definition) is 1. The summed E-state index contributed by atoms with van der Waals surface area (Å²) in [5.74, 6) is 0.590. The van der Waals surface area contributed by atoms with Crippen molar-refractivity contribution in [1.29, 1.82) is 5.26 Å². The van der Waals surface area contributed by atoms with E-state index in [1.807, 2.05) is 29.6 Å². The highest BCUT2D eigenvalue weighted by molar-refractivity contribution is 6.33. The maximum atomic E-state index is 9.11. The molecule has 3 aromatic rings. The van der Waals surface area contributed by atoms with Crippen molar-refractivity contribution < 1.29 is 0 Å². The fourth-order valence-electron chi connectivity index (χ4n) is 5.25. The van der Waals surface area contributed by atoms with Crippen molar-refractivity contribution in [3.8, 4) is 6.19 Å². The van der Waals surface area contributed by atoms with E-state index in [4.69, 9.17) is 16.9 Å².